The van der Waals surface area contributed by atoms with E-state index in [2.05, 4.69) is 9.72 Å². The summed E-state index contributed by atoms with van der Waals surface area (Å²) in [5.41, 5.74) is -0.575. The molecule has 0 spiro atoms. The van der Waals surface area contributed by atoms with Crippen LogP contribution >= 0.6 is 0 Å². The predicted octanol–water partition coefficient (Wildman–Crippen LogP) is 3.69. The summed E-state index contributed by atoms with van der Waals surface area (Å²) >= 11 is 0. The molecule has 0 saturated carbocycles. The lowest BCUT2D eigenvalue weighted by Gasteiger charge is -2.32. The molecular formula is C23H25BF2N2O5. The van der Waals surface area contributed by atoms with Gasteiger partial charge in [0.2, 0.25) is 5.88 Å². The van der Waals surface area contributed by atoms with Crippen LogP contribution in [-0.4, -0.2) is 41.1 Å². The zero-order valence-electron chi connectivity index (χ0n) is 19.1. The Morgan fingerprint density at radius 2 is 1.70 bits per heavy atom. The third-order valence-electron chi connectivity index (χ3n) is 5.97. The number of aromatic nitrogens is 2. The number of pyridine rings is 2. The second-order valence-corrected chi connectivity index (χ2v) is 8.70. The lowest BCUT2D eigenvalue weighted by molar-refractivity contribution is -0.0498. The van der Waals surface area contributed by atoms with Crippen LogP contribution in [0, 0.1) is 0 Å². The Hall–Kier alpha value is -2.98. The van der Waals surface area contributed by atoms with Gasteiger partial charge >= 0.3 is 13.7 Å². The molecule has 10 heteroatoms. The van der Waals surface area contributed by atoms with E-state index in [-0.39, 0.29) is 5.75 Å². The van der Waals surface area contributed by atoms with Crippen LogP contribution < -0.4 is 20.5 Å². The maximum absolute atomic E-state index is 13.7. The summed E-state index contributed by atoms with van der Waals surface area (Å²) in [5.74, 6) is 0.343. The predicted molar refractivity (Wildman–Crippen MR) is 121 cm³/mol. The molecule has 7 nitrogen and oxygen atoms in total. The van der Waals surface area contributed by atoms with Crippen LogP contribution in [-0.2, 0) is 9.31 Å². The maximum atomic E-state index is 13.7. The van der Waals surface area contributed by atoms with Gasteiger partial charge in [0.05, 0.1) is 23.5 Å². The summed E-state index contributed by atoms with van der Waals surface area (Å²) in [6, 6.07) is 11.0. The molecule has 3 aromatic rings. The number of alkyl halides is 2. The molecule has 2 aromatic heterocycles. The van der Waals surface area contributed by atoms with E-state index in [9.17, 15) is 13.6 Å². The Morgan fingerprint density at radius 1 is 1.06 bits per heavy atom. The van der Waals surface area contributed by atoms with Gasteiger partial charge in [0, 0.05) is 16.9 Å². The largest absolute Gasteiger partial charge is 0.500 e. The van der Waals surface area contributed by atoms with Gasteiger partial charge in [-0.15, -0.1) is 0 Å². The second-order valence-electron chi connectivity index (χ2n) is 8.70. The Kier molecular flexibility index (Phi) is 5.92. The standard InChI is InChI=1S/C23H25BF2N2O5/c1-6-30-18-12-7-14-13-17(24-32-22(2,3)23(4,5)33-24)20(29)28(19(14)27-18)15-8-10-16(11-9-15)31-21(25)26/h7-13,21H,6H2,1-5H3. The van der Waals surface area contributed by atoms with Crippen LogP contribution in [0.15, 0.2) is 47.3 Å². The molecule has 0 unspecified atom stereocenters. The van der Waals surface area contributed by atoms with Crippen LogP contribution in [0.2, 0.25) is 0 Å². The number of hydrogen-bond acceptors (Lipinski definition) is 6. The molecule has 174 valence electrons. The molecule has 0 radical (unpaired) electrons. The first-order chi connectivity index (χ1) is 15.5. The average Bonchev–Trinajstić information content (AvgIpc) is 2.95. The molecule has 1 fully saturated rings. The lowest BCUT2D eigenvalue weighted by Crippen LogP contribution is -2.47. The molecule has 0 atom stereocenters. The number of ether oxygens (including phenoxy) is 2. The van der Waals surface area contributed by atoms with E-state index in [0.717, 1.165) is 0 Å². The highest BCUT2D eigenvalue weighted by molar-refractivity contribution is 6.62. The minimum atomic E-state index is -2.94. The Morgan fingerprint density at radius 3 is 2.27 bits per heavy atom. The first-order valence-electron chi connectivity index (χ1n) is 10.6. The van der Waals surface area contributed by atoms with Crippen molar-refractivity contribution in [2.75, 3.05) is 6.61 Å². The highest BCUT2D eigenvalue weighted by atomic mass is 19.3. The number of benzene rings is 1. The van der Waals surface area contributed by atoms with E-state index in [1.54, 1.807) is 18.2 Å². The van der Waals surface area contributed by atoms with Crippen LogP contribution in [0.5, 0.6) is 11.6 Å². The minimum absolute atomic E-state index is 0.0174. The van der Waals surface area contributed by atoms with Gasteiger partial charge in [0.25, 0.3) is 5.56 Å². The van der Waals surface area contributed by atoms with Gasteiger partial charge in [-0.05, 0) is 71.0 Å². The zero-order valence-corrected chi connectivity index (χ0v) is 19.1. The third-order valence-corrected chi connectivity index (χ3v) is 5.97. The van der Waals surface area contributed by atoms with Crippen molar-refractivity contribution in [3.63, 3.8) is 0 Å². The van der Waals surface area contributed by atoms with Crippen molar-refractivity contribution in [1.29, 1.82) is 0 Å². The number of hydrogen-bond donors (Lipinski definition) is 0. The van der Waals surface area contributed by atoms with Gasteiger partial charge in [-0.2, -0.15) is 13.8 Å². The van der Waals surface area contributed by atoms with Crippen LogP contribution in [0.4, 0.5) is 8.78 Å². The fourth-order valence-electron chi connectivity index (χ4n) is 3.57. The van der Waals surface area contributed by atoms with Crippen LogP contribution in [0.25, 0.3) is 16.7 Å². The first-order valence-corrected chi connectivity index (χ1v) is 10.6. The molecule has 1 aromatic carbocycles. The molecule has 0 aliphatic carbocycles. The van der Waals surface area contributed by atoms with Crippen molar-refractivity contribution in [2.24, 2.45) is 0 Å². The molecule has 0 amide bonds. The monoisotopic (exact) mass is 458 g/mol. The topological polar surface area (TPSA) is 71.8 Å². The van der Waals surface area contributed by atoms with Crippen molar-refractivity contribution in [1.82, 2.24) is 9.55 Å². The quantitative estimate of drug-likeness (QED) is 0.525. The fraction of sp³-hybridized carbons (Fsp3) is 0.391. The third kappa shape index (κ3) is 4.32. The molecule has 33 heavy (non-hydrogen) atoms. The molecule has 1 aliphatic rings. The van der Waals surface area contributed by atoms with E-state index < -0.39 is 30.5 Å². The zero-order chi connectivity index (χ0) is 24.0. The van der Waals surface area contributed by atoms with Crippen LogP contribution in [0.3, 0.4) is 0 Å². The SMILES string of the molecule is CCOc1ccc2cc(B3OC(C)(C)C(C)(C)O3)c(=O)n(-c3ccc(OC(F)F)cc3)c2n1. The normalized spacial score (nSPS) is 17.0. The molecular weight excluding hydrogens is 433 g/mol. The highest BCUT2D eigenvalue weighted by Crippen LogP contribution is 2.36. The lowest BCUT2D eigenvalue weighted by atomic mass is 9.79. The Balaban J connectivity index is 1.90. The Labute approximate surface area is 190 Å². The van der Waals surface area contributed by atoms with Gasteiger partial charge in [0.1, 0.15) is 5.75 Å². The minimum Gasteiger partial charge on any atom is -0.478 e. The summed E-state index contributed by atoms with van der Waals surface area (Å²) in [6.45, 7) is 6.93. The number of fused-ring (bicyclic) bond motifs is 1. The molecule has 0 bridgehead atoms. The van der Waals surface area contributed by atoms with Gasteiger partial charge in [-0.3, -0.25) is 9.36 Å². The van der Waals surface area contributed by atoms with E-state index >= 15 is 0 Å². The van der Waals surface area contributed by atoms with Crippen molar-refractivity contribution in [3.8, 4) is 17.3 Å². The smallest absolute Gasteiger partial charge is 0.478 e. The van der Waals surface area contributed by atoms with E-state index in [4.69, 9.17) is 14.0 Å². The molecule has 0 N–H and O–H groups in total. The fourth-order valence-corrected chi connectivity index (χ4v) is 3.57. The van der Waals surface area contributed by atoms with Gasteiger partial charge in [-0.1, -0.05) is 0 Å². The van der Waals surface area contributed by atoms with Crippen molar-refractivity contribution in [3.05, 3.63) is 52.8 Å². The van der Waals surface area contributed by atoms with E-state index in [1.165, 1.54) is 28.8 Å². The molecule has 1 aliphatic heterocycles. The highest BCUT2D eigenvalue weighted by Gasteiger charge is 2.52. The van der Waals surface area contributed by atoms with E-state index in [0.29, 0.717) is 34.7 Å². The van der Waals surface area contributed by atoms with Crippen molar-refractivity contribution < 1.29 is 27.6 Å². The first kappa shape index (κ1) is 23.2. The number of halogens is 2. The molecule has 3 heterocycles. The number of nitrogens with zero attached hydrogens (tertiary/aromatic N) is 2. The maximum Gasteiger partial charge on any atom is 0.500 e. The number of rotatable bonds is 6. The van der Waals surface area contributed by atoms with Crippen molar-refractivity contribution >= 4 is 23.6 Å². The summed E-state index contributed by atoms with van der Waals surface area (Å²) in [4.78, 5) is 18.2. The van der Waals surface area contributed by atoms with Gasteiger partial charge < -0.3 is 18.8 Å². The molecule has 1 saturated heterocycles. The summed E-state index contributed by atoms with van der Waals surface area (Å²) in [6.07, 6.45) is 0. The van der Waals surface area contributed by atoms with Gasteiger partial charge in [-0.25, -0.2) is 0 Å². The van der Waals surface area contributed by atoms with E-state index in [1.807, 2.05) is 34.6 Å². The Bertz CT molecular complexity index is 1210. The average molecular weight is 458 g/mol. The molecule has 4 rings (SSSR count). The van der Waals surface area contributed by atoms with Crippen molar-refractivity contribution in [2.45, 2.75) is 52.4 Å². The summed E-state index contributed by atoms with van der Waals surface area (Å²) in [5, 5.41) is 0.663. The second kappa shape index (κ2) is 8.42. The summed E-state index contributed by atoms with van der Waals surface area (Å²) < 4.78 is 48.7. The van der Waals surface area contributed by atoms with Crippen LogP contribution in [0.1, 0.15) is 34.6 Å². The summed E-state index contributed by atoms with van der Waals surface area (Å²) in [7, 11) is -0.883. The van der Waals surface area contributed by atoms with Gasteiger partial charge in [0.15, 0.2) is 5.65 Å².